The molecule has 1 heterocycles. The normalized spacial score (nSPS) is 14.0. The number of methoxy groups -OCH3 is 1. The standard InChI is InChI=1S/C15H18FNO4/c1-10-8-11(16)9-12-13(10)17(15(19)14(12)18)4-7-21-6-3-5-20-2/h8-9H,3-7H2,1-2H3. The van der Waals surface area contributed by atoms with E-state index in [9.17, 15) is 14.0 Å². The molecule has 0 aliphatic carbocycles. The van der Waals surface area contributed by atoms with Crippen LogP contribution in [0.15, 0.2) is 12.1 Å². The van der Waals surface area contributed by atoms with Crippen LogP contribution in [0.25, 0.3) is 0 Å². The van der Waals surface area contributed by atoms with Crippen molar-refractivity contribution >= 4 is 17.4 Å². The number of carbonyl (C=O) groups is 2. The van der Waals surface area contributed by atoms with Crippen molar-refractivity contribution in [2.24, 2.45) is 0 Å². The van der Waals surface area contributed by atoms with E-state index in [1.54, 1.807) is 14.0 Å². The first-order valence-corrected chi connectivity index (χ1v) is 6.79. The fourth-order valence-corrected chi connectivity index (χ4v) is 2.38. The Morgan fingerprint density at radius 2 is 1.95 bits per heavy atom. The van der Waals surface area contributed by atoms with Gasteiger partial charge in [-0.1, -0.05) is 0 Å². The highest BCUT2D eigenvalue weighted by atomic mass is 19.1. The van der Waals surface area contributed by atoms with Crippen LogP contribution in [0, 0.1) is 12.7 Å². The smallest absolute Gasteiger partial charge is 0.299 e. The summed E-state index contributed by atoms with van der Waals surface area (Å²) in [4.78, 5) is 25.2. The van der Waals surface area contributed by atoms with Gasteiger partial charge in [-0.15, -0.1) is 0 Å². The molecule has 0 atom stereocenters. The quantitative estimate of drug-likeness (QED) is 0.568. The lowest BCUT2D eigenvalue weighted by Crippen LogP contribution is -2.33. The molecule has 0 fully saturated rings. The molecule has 1 aromatic rings. The number of halogens is 1. The summed E-state index contributed by atoms with van der Waals surface area (Å²) in [5, 5.41) is 0. The Labute approximate surface area is 122 Å². The molecule has 1 amide bonds. The van der Waals surface area contributed by atoms with Crippen LogP contribution >= 0.6 is 0 Å². The van der Waals surface area contributed by atoms with Gasteiger partial charge in [-0.25, -0.2) is 4.39 Å². The predicted octanol–water partition coefficient (Wildman–Crippen LogP) is 1.72. The fourth-order valence-electron chi connectivity index (χ4n) is 2.38. The molecule has 114 valence electrons. The van der Waals surface area contributed by atoms with Gasteiger partial charge in [0.25, 0.3) is 11.7 Å². The molecule has 1 aliphatic rings. The van der Waals surface area contributed by atoms with Crippen molar-refractivity contribution in [1.82, 2.24) is 0 Å². The molecule has 0 radical (unpaired) electrons. The fraction of sp³-hybridized carbons (Fsp3) is 0.467. The summed E-state index contributed by atoms with van der Waals surface area (Å²) >= 11 is 0. The first kappa shape index (κ1) is 15.6. The average Bonchev–Trinajstić information content (AvgIpc) is 2.68. The summed E-state index contributed by atoms with van der Waals surface area (Å²) in [6, 6.07) is 2.43. The Bertz CT molecular complexity index is 559. The number of ketones is 1. The molecule has 0 bridgehead atoms. The number of hydrogen-bond donors (Lipinski definition) is 0. The van der Waals surface area contributed by atoms with Gasteiger partial charge in [-0.2, -0.15) is 0 Å². The van der Waals surface area contributed by atoms with Crippen LogP contribution in [-0.4, -0.2) is 45.2 Å². The molecule has 2 rings (SSSR count). The summed E-state index contributed by atoms with van der Waals surface area (Å²) in [6.07, 6.45) is 0.768. The molecule has 0 saturated carbocycles. The number of nitrogens with zero attached hydrogens (tertiary/aromatic N) is 1. The van der Waals surface area contributed by atoms with Crippen LogP contribution in [0.1, 0.15) is 22.3 Å². The van der Waals surface area contributed by atoms with E-state index >= 15 is 0 Å². The van der Waals surface area contributed by atoms with Crippen LogP contribution in [-0.2, 0) is 14.3 Å². The number of amides is 1. The maximum absolute atomic E-state index is 13.4. The third kappa shape index (κ3) is 3.28. The van der Waals surface area contributed by atoms with E-state index in [4.69, 9.17) is 9.47 Å². The third-order valence-electron chi connectivity index (χ3n) is 3.32. The molecule has 0 saturated heterocycles. The maximum Gasteiger partial charge on any atom is 0.299 e. The largest absolute Gasteiger partial charge is 0.385 e. The molecule has 0 N–H and O–H groups in total. The zero-order valence-electron chi connectivity index (χ0n) is 12.1. The maximum atomic E-state index is 13.4. The van der Waals surface area contributed by atoms with Crippen LogP contribution in [0.5, 0.6) is 0 Å². The first-order chi connectivity index (χ1) is 10.1. The lowest BCUT2D eigenvalue weighted by Gasteiger charge is -2.18. The van der Waals surface area contributed by atoms with Crippen molar-refractivity contribution in [1.29, 1.82) is 0 Å². The van der Waals surface area contributed by atoms with Gasteiger partial charge < -0.3 is 14.4 Å². The number of Topliss-reactive ketones (excluding diaryl/α,β-unsaturated/α-hetero) is 1. The number of anilines is 1. The van der Waals surface area contributed by atoms with E-state index in [2.05, 4.69) is 0 Å². The number of rotatable bonds is 7. The van der Waals surface area contributed by atoms with E-state index in [1.807, 2.05) is 0 Å². The molecule has 0 spiro atoms. The van der Waals surface area contributed by atoms with Crippen molar-refractivity contribution in [2.75, 3.05) is 38.4 Å². The molecule has 1 aromatic carbocycles. The van der Waals surface area contributed by atoms with Crippen molar-refractivity contribution in [2.45, 2.75) is 13.3 Å². The zero-order valence-corrected chi connectivity index (χ0v) is 12.1. The number of benzene rings is 1. The number of aryl methyl sites for hydroxylation is 1. The van der Waals surface area contributed by atoms with E-state index < -0.39 is 17.5 Å². The molecule has 1 aliphatic heterocycles. The summed E-state index contributed by atoms with van der Waals surface area (Å²) in [5.74, 6) is -1.80. The molecule has 0 aromatic heterocycles. The second-order valence-corrected chi connectivity index (χ2v) is 4.86. The van der Waals surface area contributed by atoms with Crippen molar-refractivity contribution in [3.05, 3.63) is 29.1 Å². The molecule has 5 nitrogen and oxygen atoms in total. The minimum Gasteiger partial charge on any atom is -0.385 e. The van der Waals surface area contributed by atoms with E-state index in [0.29, 0.717) is 31.1 Å². The Kier molecular flexibility index (Phi) is 5.03. The van der Waals surface area contributed by atoms with Crippen LogP contribution in [0.2, 0.25) is 0 Å². The highest BCUT2D eigenvalue weighted by molar-refractivity contribution is 6.52. The van der Waals surface area contributed by atoms with Gasteiger partial charge in [0.1, 0.15) is 5.82 Å². The minimum atomic E-state index is -0.660. The number of fused-ring (bicyclic) bond motifs is 1. The Morgan fingerprint density at radius 1 is 1.19 bits per heavy atom. The average molecular weight is 295 g/mol. The number of carbonyl (C=O) groups excluding carboxylic acids is 2. The monoisotopic (exact) mass is 295 g/mol. The lowest BCUT2D eigenvalue weighted by molar-refractivity contribution is -0.114. The van der Waals surface area contributed by atoms with Crippen LogP contribution in [0.4, 0.5) is 10.1 Å². The number of ether oxygens (including phenoxy) is 2. The van der Waals surface area contributed by atoms with Crippen molar-refractivity contribution < 1.29 is 23.5 Å². The number of hydrogen-bond acceptors (Lipinski definition) is 4. The van der Waals surface area contributed by atoms with Gasteiger partial charge in [0.15, 0.2) is 0 Å². The summed E-state index contributed by atoms with van der Waals surface area (Å²) in [5.41, 5.74) is 1.20. The van der Waals surface area contributed by atoms with Gasteiger partial charge in [0, 0.05) is 26.9 Å². The highest BCUT2D eigenvalue weighted by Crippen LogP contribution is 2.32. The lowest BCUT2D eigenvalue weighted by atomic mass is 10.1. The Hall–Kier alpha value is -1.79. The zero-order chi connectivity index (χ0) is 15.4. The molecular formula is C15H18FNO4. The van der Waals surface area contributed by atoms with Crippen LogP contribution < -0.4 is 4.90 Å². The van der Waals surface area contributed by atoms with E-state index in [1.165, 1.54) is 11.0 Å². The summed E-state index contributed by atoms with van der Waals surface area (Å²) in [6.45, 7) is 3.41. The summed E-state index contributed by atoms with van der Waals surface area (Å²) < 4.78 is 23.7. The van der Waals surface area contributed by atoms with Crippen molar-refractivity contribution in [3.8, 4) is 0 Å². The van der Waals surface area contributed by atoms with Gasteiger partial charge >= 0.3 is 0 Å². The van der Waals surface area contributed by atoms with Gasteiger partial charge in [0.2, 0.25) is 0 Å². The second-order valence-electron chi connectivity index (χ2n) is 4.86. The molecular weight excluding hydrogens is 277 g/mol. The topological polar surface area (TPSA) is 55.8 Å². The minimum absolute atomic E-state index is 0.136. The predicted molar refractivity (Wildman–Crippen MR) is 75.1 cm³/mol. The van der Waals surface area contributed by atoms with Gasteiger partial charge in [-0.05, 0) is 31.0 Å². The second kappa shape index (κ2) is 6.78. The highest BCUT2D eigenvalue weighted by Gasteiger charge is 2.37. The molecule has 0 unspecified atom stereocenters. The van der Waals surface area contributed by atoms with Crippen molar-refractivity contribution in [3.63, 3.8) is 0 Å². The van der Waals surface area contributed by atoms with Gasteiger partial charge in [-0.3, -0.25) is 9.59 Å². The molecule has 6 heteroatoms. The summed E-state index contributed by atoms with van der Waals surface area (Å²) in [7, 11) is 1.62. The molecule has 21 heavy (non-hydrogen) atoms. The third-order valence-corrected chi connectivity index (χ3v) is 3.32. The van der Waals surface area contributed by atoms with E-state index in [-0.39, 0.29) is 12.1 Å². The van der Waals surface area contributed by atoms with Gasteiger partial charge in [0.05, 0.1) is 17.9 Å². The Morgan fingerprint density at radius 3 is 2.67 bits per heavy atom. The SMILES string of the molecule is COCCCOCCN1C(=O)C(=O)c2cc(F)cc(C)c21. The first-order valence-electron chi connectivity index (χ1n) is 6.79. The van der Waals surface area contributed by atoms with Crippen LogP contribution in [0.3, 0.4) is 0 Å². The van der Waals surface area contributed by atoms with E-state index in [0.717, 1.165) is 12.5 Å². The Balaban J connectivity index is 2.02.